The molecule has 0 radical (unpaired) electrons. The highest BCUT2D eigenvalue weighted by Crippen LogP contribution is 2.21. The Hall–Kier alpha value is -2.05. The van der Waals surface area contributed by atoms with Crippen molar-refractivity contribution in [2.75, 3.05) is 17.1 Å². The zero-order chi connectivity index (χ0) is 20.7. The van der Waals surface area contributed by atoms with E-state index in [0.717, 1.165) is 18.2 Å². The van der Waals surface area contributed by atoms with E-state index in [4.69, 9.17) is 11.6 Å². The van der Waals surface area contributed by atoms with Crippen LogP contribution in [-0.2, 0) is 21.2 Å². The number of hydrogen-bond acceptors (Lipinski definition) is 3. The first kappa shape index (κ1) is 22.2. The molecule has 2 rings (SSSR count). The Labute approximate surface area is 172 Å². The Morgan fingerprint density at radius 3 is 2.25 bits per heavy atom. The molecule has 1 N–H and O–H groups in total. The highest BCUT2D eigenvalue weighted by Gasteiger charge is 2.18. The molecule has 152 valence electrons. The van der Waals surface area contributed by atoms with Crippen LogP contribution in [-0.4, -0.2) is 27.1 Å². The maximum Gasteiger partial charge on any atom is 0.232 e. The lowest BCUT2D eigenvalue weighted by Gasteiger charge is -2.22. The molecular weight excluding hydrogens is 396 g/mol. The number of carbonyl (C=O) groups is 1. The Bertz CT molecular complexity index is 881. The highest BCUT2D eigenvalue weighted by molar-refractivity contribution is 7.92. The number of aryl methyl sites for hydroxylation is 1. The zero-order valence-corrected chi connectivity index (χ0v) is 18.1. The van der Waals surface area contributed by atoms with E-state index < -0.39 is 10.0 Å². The van der Waals surface area contributed by atoms with Crippen molar-refractivity contribution >= 4 is 33.2 Å². The van der Waals surface area contributed by atoms with Crippen LogP contribution in [0.3, 0.4) is 0 Å². The van der Waals surface area contributed by atoms with Crippen LogP contribution in [0.4, 0.5) is 5.69 Å². The largest absolute Gasteiger partial charge is 0.350 e. The van der Waals surface area contributed by atoms with Crippen molar-refractivity contribution in [3.63, 3.8) is 0 Å². The van der Waals surface area contributed by atoms with Gasteiger partial charge in [-0.1, -0.05) is 42.8 Å². The third-order valence-electron chi connectivity index (χ3n) is 4.55. The molecular formula is C21H27ClN2O3S. The van der Waals surface area contributed by atoms with E-state index in [1.54, 1.807) is 24.3 Å². The van der Waals surface area contributed by atoms with Gasteiger partial charge in [-0.3, -0.25) is 9.10 Å². The lowest BCUT2D eigenvalue weighted by Crippen LogP contribution is -2.32. The van der Waals surface area contributed by atoms with Crippen molar-refractivity contribution < 1.29 is 13.2 Å². The molecule has 5 nitrogen and oxygen atoms in total. The topological polar surface area (TPSA) is 66.5 Å². The quantitative estimate of drug-likeness (QED) is 0.654. The molecule has 1 atom stereocenters. The average molecular weight is 423 g/mol. The number of carbonyl (C=O) groups excluding carboxylic acids is 1. The molecule has 2 aromatic rings. The van der Waals surface area contributed by atoms with Gasteiger partial charge in [-0.25, -0.2) is 8.42 Å². The molecule has 0 aliphatic carbocycles. The summed E-state index contributed by atoms with van der Waals surface area (Å²) in [5, 5.41) is 3.51. The molecule has 0 aliphatic heterocycles. The molecule has 1 amide bonds. The van der Waals surface area contributed by atoms with Crippen molar-refractivity contribution in [2.24, 2.45) is 0 Å². The first-order valence-electron chi connectivity index (χ1n) is 9.32. The number of benzene rings is 2. The fourth-order valence-corrected chi connectivity index (χ4v) is 4.01. The lowest BCUT2D eigenvalue weighted by atomic mass is 10.0. The first-order valence-corrected chi connectivity index (χ1v) is 11.5. The van der Waals surface area contributed by atoms with Gasteiger partial charge in [0.15, 0.2) is 0 Å². The van der Waals surface area contributed by atoms with Crippen LogP contribution in [0.15, 0.2) is 48.5 Å². The summed E-state index contributed by atoms with van der Waals surface area (Å²) in [6.07, 6.45) is 2.80. The van der Waals surface area contributed by atoms with E-state index >= 15 is 0 Å². The summed E-state index contributed by atoms with van der Waals surface area (Å²) >= 11 is 5.87. The fourth-order valence-electron chi connectivity index (χ4n) is 2.92. The SMILES string of the molecule is CCc1ccc([C@H](C)NC(=O)CCCN(c2ccc(Cl)cc2)S(C)(=O)=O)cc1. The number of nitrogens with one attached hydrogen (secondary N) is 1. The standard InChI is InChI=1S/C21H27ClN2O3S/c1-4-17-7-9-18(10-8-17)16(2)23-21(25)6-5-15-24(28(3,26)27)20-13-11-19(22)12-14-20/h7-14,16H,4-6,15H2,1-3H3,(H,23,25)/t16-/m0/s1. The zero-order valence-electron chi connectivity index (χ0n) is 16.5. The molecule has 0 spiro atoms. The van der Waals surface area contributed by atoms with Crippen molar-refractivity contribution in [1.82, 2.24) is 5.32 Å². The maximum absolute atomic E-state index is 12.3. The Morgan fingerprint density at radius 1 is 1.11 bits per heavy atom. The third-order valence-corrected chi connectivity index (χ3v) is 5.99. The minimum absolute atomic E-state index is 0.0966. The summed E-state index contributed by atoms with van der Waals surface area (Å²) in [5.41, 5.74) is 2.84. The van der Waals surface area contributed by atoms with E-state index in [9.17, 15) is 13.2 Å². The van der Waals surface area contributed by atoms with Crippen LogP contribution in [0.1, 0.15) is 43.9 Å². The fraction of sp³-hybridized carbons (Fsp3) is 0.381. The van der Waals surface area contributed by atoms with Gasteiger partial charge < -0.3 is 5.32 Å². The van der Waals surface area contributed by atoms with Gasteiger partial charge in [0.05, 0.1) is 18.0 Å². The Balaban J connectivity index is 1.90. The van der Waals surface area contributed by atoms with Crippen LogP contribution in [0, 0.1) is 0 Å². The normalized spacial score (nSPS) is 12.4. The van der Waals surface area contributed by atoms with E-state index in [0.29, 0.717) is 17.1 Å². The maximum atomic E-state index is 12.3. The van der Waals surface area contributed by atoms with Crippen molar-refractivity contribution in [2.45, 2.75) is 39.2 Å². The molecule has 0 fully saturated rings. The van der Waals surface area contributed by atoms with Gasteiger partial charge in [0, 0.05) is 18.0 Å². The van der Waals surface area contributed by atoms with Crippen molar-refractivity contribution in [3.05, 3.63) is 64.7 Å². The van der Waals surface area contributed by atoms with Gasteiger partial charge >= 0.3 is 0 Å². The second-order valence-electron chi connectivity index (χ2n) is 6.80. The summed E-state index contributed by atoms with van der Waals surface area (Å²) in [4.78, 5) is 12.3. The number of nitrogens with zero attached hydrogens (tertiary/aromatic N) is 1. The summed E-state index contributed by atoms with van der Waals surface area (Å²) in [5.74, 6) is -0.100. The van der Waals surface area contributed by atoms with Crippen molar-refractivity contribution in [1.29, 1.82) is 0 Å². The lowest BCUT2D eigenvalue weighted by molar-refractivity contribution is -0.121. The molecule has 0 heterocycles. The smallest absolute Gasteiger partial charge is 0.232 e. The van der Waals surface area contributed by atoms with Crippen LogP contribution < -0.4 is 9.62 Å². The van der Waals surface area contributed by atoms with E-state index in [2.05, 4.69) is 24.4 Å². The molecule has 0 saturated heterocycles. The minimum Gasteiger partial charge on any atom is -0.350 e. The van der Waals surface area contributed by atoms with E-state index in [1.807, 2.05) is 19.1 Å². The monoisotopic (exact) mass is 422 g/mol. The number of rotatable bonds is 9. The van der Waals surface area contributed by atoms with Crippen LogP contribution >= 0.6 is 11.6 Å². The summed E-state index contributed by atoms with van der Waals surface area (Å²) < 4.78 is 25.5. The molecule has 0 unspecified atom stereocenters. The highest BCUT2D eigenvalue weighted by atomic mass is 35.5. The average Bonchev–Trinajstić information content (AvgIpc) is 2.65. The molecule has 28 heavy (non-hydrogen) atoms. The van der Waals surface area contributed by atoms with Crippen molar-refractivity contribution in [3.8, 4) is 0 Å². The van der Waals surface area contributed by atoms with Crippen LogP contribution in [0.25, 0.3) is 0 Å². The molecule has 0 saturated carbocycles. The summed E-state index contributed by atoms with van der Waals surface area (Å²) in [7, 11) is -3.44. The predicted molar refractivity (Wildman–Crippen MR) is 115 cm³/mol. The molecule has 0 aromatic heterocycles. The molecule has 7 heteroatoms. The Morgan fingerprint density at radius 2 is 1.71 bits per heavy atom. The number of hydrogen-bond donors (Lipinski definition) is 1. The summed E-state index contributed by atoms with van der Waals surface area (Å²) in [6, 6.07) is 14.7. The minimum atomic E-state index is -3.44. The van der Waals surface area contributed by atoms with Gasteiger partial charge in [-0.05, 0) is 55.2 Å². The number of amides is 1. The summed E-state index contributed by atoms with van der Waals surface area (Å²) in [6.45, 7) is 4.27. The van der Waals surface area contributed by atoms with Gasteiger partial charge in [0.2, 0.25) is 15.9 Å². The number of sulfonamides is 1. The first-order chi connectivity index (χ1) is 13.2. The van der Waals surface area contributed by atoms with Crippen LogP contribution in [0.2, 0.25) is 5.02 Å². The second-order valence-corrected chi connectivity index (χ2v) is 9.14. The van der Waals surface area contributed by atoms with Gasteiger partial charge in [0.25, 0.3) is 0 Å². The number of anilines is 1. The van der Waals surface area contributed by atoms with Gasteiger partial charge in [0.1, 0.15) is 0 Å². The van der Waals surface area contributed by atoms with E-state index in [1.165, 1.54) is 9.87 Å². The molecule has 0 aliphatic rings. The van der Waals surface area contributed by atoms with E-state index in [-0.39, 0.29) is 24.9 Å². The second kappa shape index (κ2) is 9.94. The predicted octanol–water partition coefficient (Wildman–Crippen LogP) is 4.33. The molecule has 0 bridgehead atoms. The molecule has 2 aromatic carbocycles. The van der Waals surface area contributed by atoms with Crippen LogP contribution in [0.5, 0.6) is 0 Å². The third kappa shape index (κ3) is 6.53. The Kier molecular flexibility index (Phi) is 7.89. The van der Waals surface area contributed by atoms with Gasteiger partial charge in [-0.2, -0.15) is 0 Å². The van der Waals surface area contributed by atoms with Gasteiger partial charge in [-0.15, -0.1) is 0 Å². The number of halogens is 1.